The molecular formula is C12H16ClN3O3S. The van der Waals surface area contributed by atoms with Crippen molar-refractivity contribution < 1.29 is 13.6 Å². The van der Waals surface area contributed by atoms with Crippen molar-refractivity contribution in [3.8, 4) is 0 Å². The van der Waals surface area contributed by atoms with Gasteiger partial charge in [-0.05, 0) is 24.6 Å². The number of hydrogen-bond donors (Lipinski definition) is 2. The van der Waals surface area contributed by atoms with Crippen molar-refractivity contribution in [2.24, 2.45) is 10.9 Å². The van der Waals surface area contributed by atoms with Gasteiger partial charge in [0.25, 0.3) is 0 Å². The summed E-state index contributed by atoms with van der Waals surface area (Å²) in [5.74, 6) is 0.312. The first-order valence-electron chi connectivity index (χ1n) is 6.16. The lowest BCUT2D eigenvalue weighted by atomic mass is 10.1. The molecule has 1 aromatic rings. The molecule has 8 heteroatoms. The number of anilines is 1. The van der Waals surface area contributed by atoms with Crippen LogP contribution in [0.1, 0.15) is 12.0 Å². The standard InChI is InChI=1S/C12H16ClN3O3S/c13-11-8-9(2-3-10(11)12(14)15-17)16-4-1-6-20(18,19)7-5-16/h2-3,8,17H,1,4-7H2,(H2,14,15). The number of sulfone groups is 1. The van der Waals surface area contributed by atoms with Crippen LogP contribution in [-0.4, -0.2) is 44.1 Å². The highest BCUT2D eigenvalue weighted by Gasteiger charge is 2.20. The zero-order valence-corrected chi connectivity index (χ0v) is 12.4. The lowest BCUT2D eigenvalue weighted by molar-refractivity contribution is 0.318. The van der Waals surface area contributed by atoms with Gasteiger partial charge in [0.15, 0.2) is 15.7 Å². The first-order chi connectivity index (χ1) is 9.43. The molecule has 0 radical (unpaired) electrons. The Morgan fingerprint density at radius 2 is 2.10 bits per heavy atom. The maximum atomic E-state index is 11.6. The van der Waals surface area contributed by atoms with Crippen molar-refractivity contribution in [2.45, 2.75) is 6.42 Å². The van der Waals surface area contributed by atoms with Crippen LogP contribution in [0.15, 0.2) is 23.4 Å². The summed E-state index contributed by atoms with van der Waals surface area (Å²) in [4.78, 5) is 1.98. The van der Waals surface area contributed by atoms with Crippen LogP contribution in [0.5, 0.6) is 0 Å². The van der Waals surface area contributed by atoms with Gasteiger partial charge >= 0.3 is 0 Å². The lowest BCUT2D eigenvalue weighted by Crippen LogP contribution is -2.26. The largest absolute Gasteiger partial charge is 0.409 e. The molecule has 2 rings (SSSR count). The molecule has 0 aromatic heterocycles. The Morgan fingerprint density at radius 1 is 1.35 bits per heavy atom. The third-order valence-corrected chi connectivity index (χ3v) is 5.29. The maximum absolute atomic E-state index is 11.6. The molecule has 0 atom stereocenters. The number of oxime groups is 1. The molecule has 1 fully saturated rings. The van der Waals surface area contributed by atoms with E-state index in [1.807, 2.05) is 4.90 Å². The molecule has 20 heavy (non-hydrogen) atoms. The molecule has 0 saturated carbocycles. The highest BCUT2D eigenvalue weighted by atomic mass is 35.5. The van der Waals surface area contributed by atoms with E-state index in [9.17, 15) is 8.42 Å². The minimum absolute atomic E-state index is 0.0556. The van der Waals surface area contributed by atoms with E-state index in [0.29, 0.717) is 30.1 Å². The van der Waals surface area contributed by atoms with Crippen LogP contribution in [0.4, 0.5) is 5.69 Å². The third kappa shape index (κ3) is 3.34. The van der Waals surface area contributed by atoms with Gasteiger partial charge in [-0.2, -0.15) is 0 Å². The van der Waals surface area contributed by atoms with Crippen molar-refractivity contribution in [3.63, 3.8) is 0 Å². The second-order valence-corrected chi connectivity index (χ2v) is 7.35. The van der Waals surface area contributed by atoms with E-state index >= 15 is 0 Å². The molecule has 1 aromatic carbocycles. The quantitative estimate of drug-likeness (QED) is 0.368. The Balaban J connectivity index is 2.24. The Hall–Kier alpha value is -1.47. The van der Waals surface area contributed by atoms with Gasteiger partial charge in [-0.25, -0.2) is 8.42 Å². The molecule has 0 unspecified atom stereocenters. The molecule has 0 amide bonds. The van der Waals surface area contributed by atoms with E-state index in [4.69, 9.17) is 22.5 Å². The van der Waals surface area contributed by atoms with Crippen molar-refractivity contribution in [3.05, 3.63) is 28.8 Å². The molecule has 3 N–H and O–H groups in total. The summed E-state index contributed by atoms with van der Waals surface area (Å²) >= 11 is 6.10. The molecule has 1 aliphatic rings. The summed E-state index contributed by atoms with van der Waals surface area (Å²) in [5.41, 5.74) is 6.79. The summed E-state index contributed by atoms with van der Waals surface area (Å²) in [7, 11) is -2.94. The van der Waals surface area contributed by atoms with Crippen LogP contribution in [0.25, 0.3) is 0 Å². The first-order valence-corrected chi connectivity index (χ1v) is 8.36. The molecule has 1 heterocycles. The van der Waals surface area contributed by atoms with Gasteiger partial charge in [0, 0.05) is 24.3 Å². The lowest BCUT2D eigenvalue weighted by Gasteiger charge is -2.22. The van der Waals surface area contributed by atoms with Crippen LogP contribution < -0.4 is 10.6 Å². The summed E-state index contributed by atoms with van der Waals surface area (Å²) in [5, 5.41) is 11.9. The molecule has 0 spiro atoms. The van der Waals surface area contributed by atoms with Crippen LogP contribution in [0, 0.1) is 0 Å². The normalized spacial score (nSPS) is 19.6. The number of halogens is 1. The predicted octanol–water partition coefficient (Wildman–Crippen LogP) is 1.06. The van der Waals surface area contributed by atoms with Gasteiger partial charge in [-0.15, -0.1) is 0 Å². The molecule has 1 aliphatic heterocycles. The predicted molar refractivity (Wildman–Crippen MR) is 79.4 cm³/mol. The van der Waals surface area contributed by atoms with E-state index in [1.165, 1.54) is 0 Å². The van der Waals surface area contributed by atoms with E-state index in [1.54, 1.807) is 18.2 Å². The topological polar surface area (TPSA) is 96.0 Å². The van der Waals surface area contributed by atoms with E-state index in [2.05, 4.69) is 5.16 Å². The minimum Gasteiger partial charge on any atom is -0.409 e. The zero-order valence-electron chi connectivity index (χ0n) is 10.8. The second kappa shape index (κ2) is 5.88. The Kier molecular flexibility index (Phi) is 4.39. The molecule has 110 valence electrons. The molecular weight excluding hydrogens is 302 g/mol. The first kappa shape index (κ1) is 14.9. The Morgan fingerprint density at radius 3 is 2.75 bits per heavy atom. The van der Waals surface area contributed by atoms with Gasteiger partial charge in [0.1, 0.15) is 0 Å². The highest BCUT2D eigenvalue weighted by molar-refractivity contribution is 7.91. The molecule has 0 bridgehead atoms. The van der Waals surface area contributed by atoms with Gasteiger partial charge < -0.3 is 15.8 Å². The monoisotopic (exact) mass is 317 g/mol. The second-order valence-electron chi connectivity index (χ2n) is 4.64. The third-order valence-electron chi connectivity index (χ3n) is 3.26. The number of rotatable bonds is 2. The van der Waals surface area contributed by atoms with Crippen molar-refractivity contribution in [2.75, 3.05) is 29.5 Å². The van der Waals surface area contributed by atoms with E-state index in [-0.39, 0.29) is 17.3 Å². The number of hydrogen-bond acceptors (Lipinski definition) is 5. The number of amidine groups is 1. The van der Waals surface area contributed by atoms with Crippen LogP contribution in [0.2, 0.25) is 5.02 Å². The Bertz CT molecular complexity index is 631. The molecule has 6 nitrogen and oxygen atoms in total. The van der Waals surface area contributed by atoms with Gasteiger partial charge in [0.2, 0.25) is 0 Å². The summed E-state index contributed by atoms with van der Waals surface area (Å²) in [6.07, 6.45) is 0.599. The van der Waals surface area contributed by atoms with Crippen molar-refractivity contribution in [1.29, 1.82) is 0 Å². The maximum Gasteiger partial charge on any atom is 0.171 e. The summed E-state index contributed by atoms with van der Waals surface area (Å²) in [6, 6.07) is 5.15. The molecule has 1 saturated heterocycles. The highest BCUT2D eigenvalue weighted by Crippen LogP contribution is 2.25. The fourth-order valence-corrected chi connectivity index (χ4v) is 3.70. The van der Waals surface area contributed by atoms with Crippen LogP contribution in [0.3, 0.4) is 0 Å². The SMILES string of the molecule is N/C(=N/O)c1ccc(N2CCCS(=O)(=O)CC2)cc1Cl. The van der Waals surface area contributed by atoms with Crippen LogP contribution >= 0.6 is 11.6 Å². The van der Waals surface area contributed by atoms with E-state index < -0.39 is 9.84 Å². The fourth-order valence-electron chi connectivity index (χ4n) is 2.16. The van der Waals surface area contributed by atoms with Crippen molar-refractivity contribution >= 4 is 33.0 Å². The average molecular weight is 318 g/mol. The summed E-state index contributed by atoms with van der Waals surface area (Å²) in [6.45, 7) is 1.11. The van der Waals surface area contributed by atoms with Gasteiger partial charge in [-0.3, -0.25) is 0 Å². The van der Waals surface area contributed by atoms with E-state index in [0.717, 1.165) is 5.69 Å². The van der Waals surface area contributed by atoms with Gasteiger partial charge in [0.05, 0.1) is 16.5 Å². The average Bonchev–Trinajstić information content (AvgIpc) is 2.59. The summed E-state index contributed by atoms with van der Waals surface area (Å²) < 4.78 is 23.2. The Labute approximate surface area is 122 Å². The minimum atomic E-state index is -2.94. The van der Waals surface area contributed by atoms with Gasteiger partial charge in [-0.1, -0.05) is 16.8 Å². The van der Waals surface area contributed by atoms with Crippen LogP contribution in [-0.2, 0) is 9.84 Å². The smallest absolute Gasteiger partial charge is 0.171 e. The number of benzene rings is 1. The number of nitrogens with zero attached hydrogens (tertiary/aromatic N) is 2. The zero-order chi connectivity index (χ0) is 14.8. The fraction of sp³-hybridized carbons (Fsp3) is 0.417. The van der Waals surface area contributed by atoms with Crippen molar-refractivity contribution in [1.82, 2.24) is 0 Å². The molecule has 0 aliphatic carbocycles. The number of nitrogens with two attached hydrogens (primary N) is 1.